The molecule has 0 bridgehead atoms. The zero-order chi connectivity index (χ0) is 15.9. The van der Waals surface area contributed by atoms with E-state index in [2.05, 4.69) is 23.3 Å². The van der Waals surface area contributed by atoms with Crippen LogP contribution in [-0.2, 0) is 28.8 Å². The second-order valence-electron chi connectivity index (χ2n) is 5.45. The normalized spacial score (nSPS) is 12.7. The van der Waals surface area contributed by atoms with Gasteiger partial charge in [0, 0.05) is 6.42 Å². The van der Waals surface area contributed by atoms with Crippen LogP contribution in [0.5, 0.6) is 0 Å². The highest BCUT2D eigenvalue weighted by molar-refractivity contribution is 7.53. The number of nitrogens with zero attached hydrogens (tertiary/aromatic N) is 3. The lowest BCUT2D eigenvalue weighted by Gasteiger charge is -2.10. The summed E-state index contributed by atoms with van der Waals surface area (Å²) in [7, 11) is -0.309. The lowest BCUT2D eigenvalue weighted by atomic mass is 10.1. The number of rotatable bonds is 7. The number of benzene rings is 1. The molecule has 1 aromatic carbocycles. The van der Waals surface area contributed by atoms with Crippen molar-refractivity contribution >= 4 is 19.8 Å². The maximum absolute atomic E-state index is 12.0. The van der Waals surface area contributed by atoms with Crippen LogP contribution in [0, 0.1) is 5.92 Å². The fourth-order valence-corrected chi connectivity index (χ4v) is 2.65. The molecule has 0 aliphatic carbocycles. The lowest BCUT2D eigenvalue weighted by Crippen LogP contribution is -2.17. The van der Waals surface area contributed by atoms with Gasteiger partial charge in [-0.2, -0.15) is 0 Å². The van der Waals surface area contributed by atoms with Crippen molar-refractivity contribution in [3.63, 3.8) is 0 Å². The van der Waals surface area contributed by atoms with Crippen molar-refractivity contribution in [1.29, 1.82) is 0 Å². The molecule has 0 N–H and O–H groups in total. The number of hydrogen-bond acceptors (Lipinski definition) is 4. The molecule has 0 aliphatic rings. The minimum Gasteiger partial charge on any atom is -0.461 e. The van der Waals surface area contributed by atoms with E-state index in [4.69, 9.17) is 4.74 Å². The Kier molecular flexibility index (Phi) is 5.84. The first kappa shape index (κ1) is 16.4. The Balaban J connectivity index is 1.83. The number of aromatic nitrogens is 3. The van der Waals surface area contributed by atoms with Gasteiger partial charge in [-0.05, 0) is 5.56 Å². The van der Waals surface area contributed by atoms with E-state index in [9.17, 15) is 4.79 Å². The van der Waals surface area contributed by atoms with Gasteiger partial charge in [-0.15, -0.1) is 5.10 Å². The van der Waals surface area contributed by atoms with Gasteiger partial charge in [0.2, 0.25) is 0 Å². The van der Waals surface area contributed by atoms with E-state index in [1.807, 2.05) is 43.5 Å². The Bertz CT molecular complexity index is 640. The third-order valence-electron chi connectivity index (χ3n) is 3.11. The summed E-state index contributed by atoms with van der Waals surface area (Å²) < 4.78 is 7.12. The molecule has 5 nitrogen and oxygen atoms in total. The maximum Gasteiger partial charge on any atom is 0.309 e. The van der Waals surface area contributed by atoms with Crippen LogP contribution < -0.4 is 0 Å². The van der Waals surface area contributed by atoms with E-state index in [-0.39, 0.29) is 19.4 Å². The first-order valence-corrected chi connectivity index (χ1v) is 9.31. The molecule has 2 rings (SSSR count). The van der Waals surface area contributed by atoms with E-state index in [1.54, 1.807) is 4.68 Å². The highest BCUT2D eigenvalue weighted by atomic mass is 31.1. The summed E-state index contributed by atoms with van der Waals surface area (Å²) in [5.74, 6) is -0.454. The van der Waals surface area contributed by atoms with Crippen molar-refractivity contribution in [1.82, 2.24) is 15.0 Å². The third-order valence-corrected chi connectivity index (χ3v) is 3.89. The quantitative estimate of drug-likeness (QED) is 0.582. The van der Waals surface area contributed by atoms with Crippen molar-refractivity contribution in [2.45, 2.75) is 26.2 Å². The van der Waals surface area contributed by atoms with E-state index in [0.29, 0.717) is 13.0 Å². The molecule has 22 heavy (non-hydrogen) atoms. The van der Waals surface area contributed by atoms with Gasteiger partial charge in [-0.1, -0.05) is 42.5 Å². The van der Waals surface area contributed by atoms with Gasteiger partial charge in [0.05, 0.1) is 30.8 Å². The summed E-state index contributed by atoms with van der Waals surface area (Å²) in [4.78, 5) is 12.0. The number of esters is 1. The van der Waals surface area contributed by atoms with Gasteiger partial charge in [-0.3, -0.25) is 4.79 Å². The van der Waals surface area contributed by atoms with E-state index in [1.165, 1.54) is 0 Å². The lowest BCUT2D eigenvalue weighted by molar-refractivity contribution is -0.149. The predicted molar refractivity (Wildman–Crippen MR) is 89.1 cm³/mol. The van der Waals surface area contributed by atoms with Crippen molar-refractivity contribution in [3.05, 3.63) is 47.8 Å². The fourth-order valence-electron chi connectivity index (χ4n) is 2.02. The van der Waals surface area contributed by atoms with Crippen LogP contribution in [0.3, 0.4) is 0 Å². The van der Waals surface area contributed by atoms with Gasteiger partial charge >= 0.3 is 5.97 Å². The van der Waals surface area contributed by atoms with Crippen molar-refractivity contribution < 1.29 is 9.53 Å². The molecule has 1 aromatic heterocycles. The molecule has 116 valence electrons. The predicted octanol–water partition coefficient (Wildman–Crippen LogP) is 2.70. The molecule has 6 heteroatoms. The topological polar surface area (TPSA) is 57.0 Å². The van der Waals surface area contributed by atoms with Crippen LogP contribution in [0.4, 0.5) is 0 Å². The number of carbonyl (C=O) groups excluding carboxylic acids is 1. The summed E-state index contributed by atoms with van der Waals surface area (Å²) in [5, 5.41) is 8.15. The summed E-state index contributed by atoms with van der Waals surface area (Å²) in [6, 6.07) is 9.66. The standard InChI is InChI=1S/C16H21N3O2P/c1-13(9-15-10-19(18-17-15)12-22(2)3)16(20)21-11-14-7-5-4-6-8-14/h4-8,10,13H,2,9,11-12H2,1,3H3/q+1. The minimum absolute atomic E-state index is 0.215. The summed E-state index contributed by atoms with van der Waals surface area (Å²) in [6.45, 7) is 4.24. The molecular weight excluding hydrogens is 297 g/mol. The maximum atomic E-state index is 12.0. The average molecular weight is 318 g/mol. The summed E-state index contributed by atoms with van der Waals surface area (Å²) in [5.41, 5.74) is 1.79. The van der Waals surface area contributed by atoms with Crippen molar-refractivity contribution in [2.75, 3.05) is 6.66 Å². The van der Waals surface area contributed by atoms with Gasteiger partial charge in [0.15, 0.2) is 6.29 Å². The highest BCUT2D eigenvalue weighted by Gasteiger charge is 2.17. The van der Waals surface area contributed by atoms with Crippen LogP contribution >= 0.6 is 7.55 Å². The Hall–Kier alpha value is -2.00. The number of carbonyl (C=O) groups is 1. The van der Waals surface area contributed by atoms with Crippen LogP contribution in [0.1, 0.15) is 18.2 Å². The minimum atomic E-state index is -0.309. The molecular formula is C16H21N3O2P+. The molecule has 2 unspecified atom stereocenters. The summed E-state index contributed by atoms with van der Waals surface area (Å²) in [6.07, 6.45) is 7.19. The van der Waals surface area contributed by atoms with E-state index < -0.39 is 0 Å². The average Bonchev–Trinajstić information content (AvgIpc) is 2.92. The molecule has 0 aliphatic heterocycles. The van der Waals surface area contributed by atoms with E-state index >= 15 is 0 Å². The molecule has 2 aromatic rings. The Labute approximate surface area is 131 Å². The second kappa shape index (κ2) is 7.85. The van der Waals surface area contributed by atoms with Crippen LogP contribution in [0.2, 0.25) is 0 Å². The Morgan fingerprint density at radius 1 is 1.41 bits per heavy atom. The Morgan fingerprint density at radius 3 is 2.82 bits per heavy atom. The summed E-state index contributed by atoms with van der Waals surface area (Å²) >= 11 is 0. The molecule has 1 heterocycles. The molecule has 2 atom stereocenters. The van der Waals surface area contributed by atoms with Gasteiger partial charge in [0.25, 0.3) is 0 Å². The number of hydrogen-bond donors (Lipinski definition) is 0. The zero-order valence-electron chi connectivity index (χ0n) is 13.0. The first-order chi connectivity index (χ1) is 10.5. The molecule has 0 radical (unpaired) electrons. The highest BCUT2D eigenvalue weighted by Crippen LogP contribution is 2.16. The van der Waals surface area contributed by atoms with Crippen LogP contribution in [0.25, 0.3) is 0 Å². The smallest absolute Gasteiger partial charge is 0.309 e. The van der Waals surface area contributed by atoms with E-state index in [0.717, 1.165) is 17.5 Å². The molecule has 0 spiro atoms. The van der Waals surface area contributed by atoms with Gasteiger partial charge < -0.3 is 4.74 Å². The molecule has 0 saturated heterocycles. The molecule has 0 saturated carbocycles. The van der Waals surface area contributed by atoms with Crippen LogP contribution in [-0.4, -0.2) is 33.9 Å². The first-order valence-electron chi connectivity index (χ1n) is 7.16. The van der Waals surface area contributed by atoms with Gasteiger partial charge in [-0.25, -0.2) is 4.68 Å². The molecule has 0 amide bonds. The SMILES string of the molecule is C=[P+](C)Cn1cc(CC(C)C(=O)OCc2ccccc2)nn1. The fraction of sp³-hybridized carbons (Fsp3) is 0.375. The Morgan fingerprint density at radius 2 is 2.14 bits per heavy atom. The second-order valence-corrected chi connectivity index (χ2v) is 7.44. The molecule has 0 fully saturated rings. The number of ether oxygens (including phenoxy) is 1. The van der Waals surface area contributed by atoms with Gasteiger partial charge in [0.1, 0.15) is 14.2 Å². The monoisotopic (exact) mass is 318 g/mol. The van der Waals surface area contributed by atoms with Crippen molar-refractivity contribution in [2.24, 2.45) is 5.92 Å². The van der Waals surface area contributed by atoms with Crippen molar-refractivity contribution in [3.8, 4) is 0 Å². The zero-order valence-corrected chi connectivity index (χ0v) is 13.9. The third kappa shape index (κ3) is 5.08. The van der Waals surface area contributed by atoms with Crippen LogP contribution in [0.15, 0.2) is 36.5 Å². The largest absolute Gasteiger partial charge is 0.461 e.